The van der Waals surface area contributed by atoms with Crippen molar-refractivity contribution in [1.82, 2.24) is 10.2 Å². The number of nitrogens with zero attached hydrogens (tertiary/aromatic N) is 1. The molecule has 4 nitrogen and oxygen atoms in total. The van der Waals surface area contributed by atoms with Crippen LogP contribution in [0.3, 0.4) is 0 Å². The average Bonchev–Trinajstić information content (AvgIpc) is 2.14. The highest BCUT2D eigenvalue weighted by atomic mass is 16.4. The summed E-state index contributed by atoms with van der Waals surface area (Å²) >= 11 is 0. The van der Waals surface area contributed by atoms with Crippen LogP contribution in [0.4, 0.5) is 0 Å². The van der Waals surface area contributed by atoms with Gasteiger partial charge in [0.2, 0.25) is 0 Å². The maximum Gasteiger partial charge on any atom is 0.323 e. The fraction of sp³-hybridized carbons (Fsp3) is 0.923. The first-order valence-electron chi connectivity index (χ1n) is 6.37. The van der Waals surface area contributed by atoms with E-state index >= 15 is 0 Å². The normalized spacial score (nSPS) is 17.2. The molecule has 102 valence electrons. The molecule has 0 aliphatic carbocycles. The third kappa shape index (κ3) is 6.03. The minimum atomic E-state index is -0.824. The van der Waals surface area contributed by atoms with Gasteiger partial charge >= 0.3 is 5.97 Å². The van der Waals surface area contributed by atoms with Gasteiger partial charge < -0.3 is 10.0 Å². The van der Waals surface area contributed by atoms with Crippen molar-refractivity contribution in [2.75, 3.05) is 20.6 Å². The van der Waals surface area contributed by atoms with Gasteiger partial charge in [0.15, 0.2) is 0 Å². The van der Waals surface area contributed by atoms with Crippen molar-refractivity contribution >= 4 is 5.97 Å². The maximum atomic E-state index is 11.3. The molecule has 0 saturated carbocycles. The fourth-order valence-corrected chi connectivity index (χ4v) is 1.95. The van der Waals surface area contributed by atoms with Crippen LogP contribution in [0.1, 0.15) is 40.5 Å². The molecule has 2 atom stereocenters. The van der Waals surface area contributed by atoms with E-state index in [1.807, 2.05) is 21.0 Å². The number of aliphatic carboxylic acids is 1. The number of rotatable bonds is 8. The van der Waals surface area contributed by atoms with E-state index in [1.54, 1.807) is 6.92 Å². The first-order valence-corrected chi connectivity index (χ1v) is 6.37. The second kappa shape index (κ2) is 6.97. The highest BCUT2D eigenvalue weighted by molar-refractivity contribution is 5.78. The highest BCUT2D eigenvalue weighted by Gasteiger charge is 2.33. The second-order valence-corrected chi connectivity index (χ2v) is 5.72. The molecule has 0 fully saturated rings. The summed E-state index contributed by atoms with van der Waals surface area (Å²) in [5, 5.41) is 12.6. The lowest BCUT2D eigenvalue weighted by Crippen LogP contribution is -2.56. The summed E-state index contributed by atoms with van der Waals surface area (Å²) < 4.78 is 0. The van der Waals surface area contributed by atoms with Gasteiger partial charge in [0.05, 0.1) is 0 Å². The van der Waals surface area contributed by atoms with E-state index in [0.717, 1.165) is 13.0 Å². The predicted molar refractivity (Wildman–Crippen MR) is 71.3 cm³/mol. The fourth-order valence-electron chi connectivity index (χ4n) is 1.95. The van der Waals surface area contributed by atoms with Gasteiger partial charge in [0.1, 0.15) is 5.54 Å². The van der Waals surface area contributed by atoms with E-state index in [0.29, 0.717) is 12.3 Å². The first-order chi connectivity index (χ1) is 7.71. The number of likely N-dealkylation sites (N-methyl/N-ethyl adjacent to an activating group) is 1. The van der Waals surface area contributed by atoms with Gasteiger partial charge in [-0.15, -0.1) is 0 Å². The Labute approximate surface area is 105 Å². The number of carboxylic acid groups (broad SMARTS) is 1. The van der Waals surface area contributed by atoms with Crippen molar-refractivity contribution in [3.05, 3.63) is 0 Å². The Balaban J connectivity index is 4.64. The zero-order valence-electron chi connectivity index (χ0n) is 12.1. The van der Waals surface area contributed by atoms with Crippen LogP contribution in [0.15, 0.2) is 0 Å². The second-order valence-electron chi connectivity index (χ2n) is 5.72. The zero-order valence-corrected chi connectivity index (χ0v) is 12.1. The number of nitrogens with one attached hydrogen (secondary N) is 1. The van der Waals surface area contributed by atoms with Crippen LogP contribution < -0.4 is 5.32 Å². The molecule has 0 saturated heterocycles. The van der Waals surface area contributed by atoms with Gasteiger partial charge in [0, 0.05) is 12.6 Å². The maximum absolute atomic E-state index is 11.3. The van der Waals surface area contributed by atoms with E-state index < -0.39 is 11.5 Å². The van der Waals surface area contributed by atoms with Crippen molar-refractivity contribution in [1.29, 1.82) is 0 Å². The molecule has 0 amide bonds. The van der Waals surface area contributed by atoms with Crippen LogP contribution in [-0.2, 0) is 4.79 Å². The largest absolute Gasteiger partial charge is 0.480 e. The summed E-state index contributed by atoms with van der Waals surface area (Å²) in [7, 11) is 4.03. The quantitative estimate of drug-likeness (QED) is 0.683. The molecule has 0 radical (unpaired) electrons. The lowest BCUT2D eigenvalue weighted by molar-refractivity contribution is -0.144. The Morgan fingerprint density at radius 2 is 1.94 bits per heavy atom. The van der Waals surface area contributed by atoms with Crippen LogP contribution in [0.2, 0.25) is 0 Å². The minimum absolute atomic E-state index is 0.214. The summed E-state index contributed by atoms with van der Waals surface area (Å²) in [4.78, 5) is 13.4. The van der Waals surface area contributed by atoms with Crippen LogP contribution in [-0.4, -0.2) is 48.2 Å². The topological polar surface area (TPSA) is 52.6 Å². The summed E-state index contributed by atoms with van der Waals surface area (Å²) in [6, 6.07) is 0.214. The summed E-state index contributed by atoms with van der Waals surface area (Å²) in [6.45, 7) is 8.85. The molecule has 0 heterocycles. The Hall–Kier alpha value is -0.610. The Morgan fingerprint density at radius 1 is 1.41 bits per heavy atom. The average molecular weight is 244 g/mol. The Morgan fingerprint density at radius 3 is 2.24 bits per heavy atom. The summed E-state index contributed by atoms with van der Waals surface area (Å²) in [5.41, 5.74) is -0.824. The van der Waals surface area contributed by atoms with Crippen molar-refractivity contribution in [2.45, 2.75) is 52.1 Å². The van der Waals surface area contributed by atoms with Gasteiger partial charge in [-0.1, -0.05) is 20.8 Å². The number of carbonyl (C=O) groups is 1. The van der Waals surface area contributed by atoms with Crippen molar-refractivity contribution in [2.24, 2.45) is 5.92 Å². The van der Waals surface area contributed by atoms with E-state index in [1.165, 1.54) is 0 Å². The molecule has 2 unspecified atom stereocenters. The van der Waals surface area contributed by atoms with Gasteiger partial charge in [-0.3, -0.25) is 10.1 Å². The lowest BCUT2D eigenvalue weighted by atomic mass is 9.94. The molecule has 0 spiro atoms. The molecule has 0 aromatic carbocycles. The standard InChI is InChI=1S/C13H28N2O2/c1-7-13(4,12(16)17)14-11(8-10(2)3)9-15(5)6/h10-11,14H,7-9H2,1-6H3,(H,16,17). The first kappa shape index (κ1) is 16.4. The third-order valence-corrected chi connectivity index (χ3v) is 3.04. The summed E-state index contributed by atoms with van der Waals surface area (Å²) in [6.07, 6.45) is 1.57. The number of carboxylic acids is 1. The molecule has 0 rings (SSSR count). The van der Waals surface area contributed by atoms with Gasteiger partial charge in [-0.2, -0.15) is 0 Å². The molecule has 0 aromatic rings. The van der Waals surface area contributed by atoms with Crippen LogP contribution >= 0.6 is 0 Å². The molecule has 0 aliphatic rings. The minimum Gasteiger partial charge on any atom is -0.480 e. The Bertz CT molecular complexity index is 232. The molecule has 0 bridgehead atoms. The number of hydrogen-bond acceptors (Lipinski definition) is 3. The SMILES string of the molecule is CCC(C)(NC(CC(C)C)CN(C)C)C(=O)O. The van der Waals surface area contributed by atoms with E-state index in [2.05, 4.69) is 24.1 Å². The number of hydrogen-bond donors (Lipinski definition) is 2. The molecule has 0 aromatic heterocycles. The third-order valence-electron chi connectivity index (χ3n) is 3.04. The smallest absolute Gasteiger partial charge is 0.323 e. The predicted octanol–water partition coefficient (Wildman–Crippen LogP) is 1.81. The van der Waals surface area contributed by atoms with Crippen molar-refractivity contribution in [3.8, 4) is 0 Å². The molecule has 4 heteroatoms. The molecule has 17 heavy (non-hydrogen) atoms. The van der Waals surface area contributed by atoms with Crippen LogP contribution in [0.25, 0.3) is 0 Å². The van der Waals surface area contributed by atoms with Crippen molar-refractivity contribution in [3.63, 3.8) is 0 Å². The van der Waals surface area contributed by atoms with Gasteiger partial charge in [-0.25, -0.2) is 0 Å². The zero-order chi connectivity index (χ0) is 13.6. The van der Waals surface area contributed by atoms with Crippen molar-refractivity contribution < 1.29 is 9.90 Å². The molecule has 0 aliphatic heterocycles. The van der Waals surface area contributed by atoms with E-state index in [9.17, 15) is 9.90 Å². The van der Waals surface area contributed by atoms with Gasteiger partial charge in [0.25, 0.3) is 0 Å². The summed E-state index contributed by atoms with van der Waals surface area (Å²) in [5.74, 6) is -0.213. The van der Waals surface area contributed by atoms with E-state index in [-0.39, 0.29) is 6.04 Å². The molecule has 2 N–H and O–H groups in total. The van der Waals surface area contributed by atoms with Crippen LogP contribution in [0, 0.1) is 5.92 Å². The van der Waals surface area contributed by atoms with Crippen LogP contribution in [0.5, 0.6) is 0 Å². The monoisotopic (exact) mass is 244 g/mol. The highest BCUT2D eigenvalue weighted by Crippen LogP contribution is 2.14. The Kier molecular flexibility index (Phi) is 6.72. The molecular formula is C13H28N2O2. The van der Waals surface area contributed by atoms with Gasteiger partial charge in [-0.05, 0) is 39.8 Å². The molecular weight excluding hydrogens is 216 g/mol. The lowest BCUT2D eigenvalue weighted by Gasteiger charge is -2.33. The van der Waals surface area contributed by atoms with E-state index in [4.69, 9.17) is 0 Å².